The summed E-state index contributed by atoms with van der Waals surface area (Å²) in [5.41, 5.74) is 27.2. The Morgan fingerprint density at radius 3 is 0.935 bits per heavy atom. The lowest BCUT2D eigenvalue weighted by molar-refractivity contribution is 0.850. The molecule has 1 aliphatic carbocycles. The lowest BCUT2D eigenvalue weighted by Crippen LogP contribution is -2.36. The summed E-state index contributed by atoms with van der Waals surface area (Å²) in [6.07, 6.45) is 1.97. The highest BCUT2D eigenvalue weighted by Gasteiger charge is 2.32. The van der Waals surface area contributed by atoms with Crippen LogP contribution in [0.4, 0.5) is 22.7 Å². The molecule has 0 radical (unpaired) electrons. The largest absolute Gasteiger partial charge is 0.338 e. The van der Waals surface area contributed by atoms with Crippen LogP contribution in [0.1, 0.15) is 0 Å². The van der Waals surface area contributed by atoms with E-state index in [1.807, 2.05) is 6.20 Å². The second-order valence-corrected chi connectivity index (χ2v) is 24.6. The van der Waals surface area contributed by atoms with Crippen molar-refractivity contribution in [2.45, 2.75) is 0 Å². The number of pyridine rings is 1. The second kappa shape index (κ2) is 19.7. The molecule has 0 atom stereocenters. The Morgan fingerprint density at radius 2 is 0.522 bits per heavy atom. The van der Waals surface area contributed by atoms with Crippen LogP contribution in [0.2, 0.25) is 0 Å². The van der Waals surface area contributed by atoms with Gasteiger partial charge in [0.15, 0.2) is 0 Å². The topological polar surface area (TPSA) is 39.1 Å². The Bertz CT molecular complexity index is 5990. The maximum atomic E-state index is 5.42. The minimum absolute atomic E-state index is 0.808. The van der Waals surface area contributed by atoms with Gasteiger partial charge in [0.25, 0.3) is 0 Å². The lowest BCUT2D eigenvalue weighted by atomic mass is 9.81. The number of hydrogen-bond acceptors (Lipinski definition) is 3. The third-order valence-corrected chi connectivity index (χ3v) is 19.8. The van der Waals surface area contributed by atoms with Crippen molar-refractivity contribution in [3.8, 4) is 67.4 Å². The molecule has 6 heterocycles. The summed E-state index contributed by atoms with van der Waals surface area (Å²) < 4.78 is 9.83. The van der Waals surface area contributed by atoms with Gasteiger partial charge in [-0.1, -0.05) is 164 Å². The molecule has 7 heteroatoms. The van der Waals surface area contributed by atoms with Crippen LogP contribution in [0.25, 0.3) is 155 Å². The van der Waals surface area contributed by atoms with E-state index < -0.39 is 0 Å². The Hall–Kier alpha value is -12.2. The van der Waals surface area contributed by atoms with Crippen LogP contribution < -0.4 is 9.80 Å². The van der Waals surface area contributed by atoms with Gasteiger partial charge in [-0.05, 0) is 167 Å². The van der Waals surface area contributed by atoms with Crippen molar-refractivity contribution in [3.63, 3.8) is 0 Å². The quantitative estimate of drug-likeness (QED) is 0.167. The summed E-state index contributed by atoms with van der Waals surface area (Å²) >= 11 is 0. The summed E-state index contributed by atoms with van der Waals surface area (Å²) in [4.78, 5) is 10.4. The zero-order valence-corrected chi connectivity index (χ0v) is 50.0. The molecule has 7 nitrogen and oxygen atoms in total. The molecule has 0 fully saturated rings. The van der Waals surface area contributed by atoms with Gasteiger partial charge in [-0.25, -0.2) is 0 Å². The van der Waals surface area contributed by atoms with Gasteiger partial charge in [0.2, 0.25) is 0 Å². The van der Waals surface area contributed by atoms with Crippen molar-refractivity contribution in [3.05, 3.63) is 310 Å². The summed E-state index contributed by atoms with van der Waals surface area (Å²) in [6, 6.07) is 113. The third-order valence-electron chi connectivity index (χ3n) is 19.8. The highest BCUT2D eigenvalue weighted by Crippen LogP contribution is 2.54. The van der Waals surface area contributed by atoms with Gasteiger partial charge >= 0.3 is 0 Å². The van der Waals surface area contributed by atoms with Gasteiger partial charge in [-0.2, -0.15) is 0 Å². The van der Waals surface area contributed by atoms with Crippen LogP contribution in [-0.2, 0) is 0 Å². The van der Waals surface area contributed by atoms with E-state index in [4.69, 9.17) is 4.98 Å². The molecule has 13 aromatic carbocycles. The van der Waals surface area contributed by atoms with E-state index in [0.717, 1.165) is 125 Å². The van der Waals surface area contributed by atoms with Crippen LogP contribution in [0, 0.1) is 0 Å². The van der Waals surface area contributed by atoms with Gasteiger partial charge in [0.05, 0.1) is 61.2 Å². The molecule has 0 N–H and O–H groups in total. The number of anilines is 4. The molecule has 0 spiro atoms. The van der Waals surface area contributed by atoms with E-state index in [1.165, 1.54) is 65.2 Å². The molecule has 0 saturated carbocycles. The predicted octanol–water partition coefficient (Wildman–Crippen LogP) is 21.7. The standard InChI is InChI=1S/C85H55N7/c1-3-20-54(21-4-1)87-46-47-88(55-22-5-2-6-23-55)84-53-74-71(52-83(84)87)61-42-38-57(92-80-36-18-12-29-67(80)73-51-59(40-44-82(73)92)90-77-33-15-9-26-64(77)65-27-10-16-34-78(65)90)49-70(61)69-48-56(37-41-60(69)68-30-19-45-86-85(68)74)91-79-35-17-11-28-66(79)72-50-58(39-43-81(72)91)89-75-31-13-7-24-62(75)63-25-8-14-32-76(63)89/h1-45,48-53H,46-47H2. The van der Waals surface area contributed by atoms with Crippen molar-refractivity contribution in [2.75, 3.05) is 22.9 Å². The molecule has 0 unspecified atom stereocenters. The van der Waals surface area contributed by atoms with Crippen molar-refractivity contribution in [1.29, 1.82) is 0 Å². The Morgan fingerprint density at radius 1 is 0.207 bits per heavy atom. The van der Waals surface area contributed by atoms with Crippen molar-refractivity contribution < 1.29 is 0 Å². The molecule has 430 valence electrons. The van der Waals surface area contributed by atoms with Gasteiger partial charge in [-0.3, -0.25) is 4.98 Å². The number of benzene rings is 13. The fourth-order valence-corrected chi connectivity index (χ4v) is 15.9. The number of aromatic nitrogens is 5. The first-order chi connectivity index (χ1) is 45.7. The van der Waals surface area contributed by atoms with E-state index in [0.29, 0.717) is 0 Å². The van der Waals surface area contributed by atoms with E-state index in [2.05, 4.69) is 331 Å². The third kappa shape index (κ3) is 7.36. The Kier molecular flexibility index (Phi) is 10.8. The second-order valence-electron chi connectivity index (χ2n) is 24.6. The number of para-hydroxylation sites is 8. The fourth-order valence-electron chi connectivity index (χ4n) is 15.9. The molecule has 18 aromatic rings. The van der Waals surface area contributed by atoms with Crippen LogP contribution in [-0.4, -0.2) is 36.3 Å². The SMILES string of the molecule is c1ccc(N2CCN(c3ccccc3)c3cc4c(cc32)-c2ccc(-n3c5ccccc5c5cc(-n6c7ccccc7c7ccccc76)ccc53)cc2-c2cc(-n3c5ccccc5c5cc(-n6c7ccccc7c7ccccc76)ccc53)ccc2-c2cccnc2-4)cc1. The van der Waals surface area contributed by atoms with Crippen molar-refractivity contribution in [2.24, 2.45) is 0 Å². The monoisotopic (exact) mass is 1170 g/mol. The molecule has 1 aliphatic heterocycles. The molecule has 20 rings (SSSR count). The number of rotatable bonds is 6. The van der Waals surface area contributed by atoms with Crippen LogP contribution >= 0.6 is 0 Å². The fraction of sp³-hybridized carbons (Fsp3) is 0.0235. The molecule has 0 bridgehead atoms. The van der Waals surface area contributed by atoms with Crippen LogP contribution in [0.3, 0.4) is 0 Å². The van der Waals surface area contributed by atoms with E-state index >= 15 is 0 Å². The van der Waals surface area contributed by atoms with E-state index in [-0.39, 0.29) is 0 Å². The summed E-state index contributed by atoms with van der Waals surface area (Å²) in [6.45, 7) is 1.62. The van der Waals surface area contributed by atoms with E-state index in [1.54, 1.807) is 0 Å². The van der Waals surface area contributed by atoms with E-state index in [9.17, 15) is 0 Å². The maximum absolute atomic E-state index is 5.42. The van der Waals surface area contributed by atoms with Crippen LogP contribution in [0.5, 0.6) is 0 Å². The summed E-state index contributed by atoms with van der Waals surface area (Å²) in [5.74, 6) is 0. The van der Waals surface area contributed by atoms with Crippen LogP contribution in [0.15, 0.2) is 310 Å². The van der Waals surface area contributed by atoms with Gasteiger partial charge in [-0.15, -0.1) is 0 Å². The predicted molar refractivity (Wildman–Crippen MR) is 384 cm³/mol. The molecule has 92 heavy (non-hydrogen) atoms. The summed E-state index contributed by atoms with van der Waals surface area (Å²) in [7, 11) is 0. The lowest BCUT2D eigenvalue weighted by Gasteiger charge is -2.40. The zero-order chi connectivity index (χ0) is 60.1. The number of hydrogen-bond donors (Lipinski definition) is 0. The van der Waals surface area contributed by atoms with Gasteiger partial charge in [0, 0.05) is 108 Å². The molecule has 2 aliphatic rings. The zero-order valence-electron chi connectivity index (χ0n) is 50.0. The average Bonchev–Trinajstić information content (AvgIpc) is 1.18. The van der Waals surface area contributed by atoms with Crippen molar-refractivity contribution >= 4 is 110 Å². The minimum atomic E-state index is 0.808. The number of nitrogens with zero attached hydrogens (tertiary/aromatic N) is 7. The minimum Gasteiger partial charge on any atom is -0.338 e. The highest BCUT2D eigenvalue weighted by atomic mass is 15.3. The first-order valence-electron chi connectivity index (χ1n) is 31.8. The molecule has 0 saturated heterocycles. The van der Waals surface area contributed by atoms with Crippen molar-refractivity contribution in [1.82, 2.24) is 23.3 Å². The average molecular weight is 1170 g/mol. The first-order valence-corrected chi connectivity index (χ1v) is 31.8. The molecule has 5 aromatic heterocycles. The molecule has 0 amide bonds. The maximum Gasteiger partial charge on any atom is 0.0787 e. The van der Waals surface area contributed by atoms with Gasteiger partial charge < -0.3 is 28.1 Å². The summed E-state index contributed by atoms with van der Waals surface area (Å²) in [5, 5.41) is 9.80. The van der Waals surface area contributed by atoms with Gasteiger partial charge in [0.1, 0.15) is 0 Å². The number of fused-ring (bicyclic) bond motifs is 21. The Labute approximate surface area is 530 Å². The molecular weight excluding hydrogens is 1120 g/mol. The smallest absolute Gasteiger partial charge is 0.0787 e. The normalized spacial score (nSPS) is 12.9. The highest BCUT2D eigenvalue weighted by molar-refractivity contribution is 6.15. The Balaban J connectivity index is 0.846. The molecular formula is C85H55N7. The first kappa shape index (κ1) is 50.8.